The molecule has 0 spiro atoms. The summed E-state index contributed by atoms with van der Waals surface area (Å²) < 4.78 is 72.7. The summed E-state index contributed by atoms with van der Waals surface area (Å²) in [5.41, 5.74) is 4.51. The Bertz CT molecular complexity index is 3500. The van der Waals surface area contributed by atoms with Gasteiger partial charge in [0, 0.05) is 13.1 Å². The first-order chi connectivity index (χ1) is 42.7. The van der Waals surface area contributed by atoms with Gasteiger partial charge in [0.2, 0.25) is 31.9 Å². The fourth-order valence-corrected chi connectivity index (χ4v) is 17.0. The first kappa shape index (κ1) is 74.1. The van der Waals surface area contributed by atoms with Crippen molar-refractivity contribution in [1.29, 1.82) is 0 Å². The Balaban J connectivity index is 1.24. The zero-order chi connectivity index (χ0) is 68.1. The number of phenolic OH excluding ortho intramolecular Hbond substituents is 2. The second kappa shape index (κ2) is 30.2. The predicted octanol–water partition coefficient (Wildman–Crippen LogP) is 16.4. The van der Waals surface area contributed by atoms with E-state index in [2.05, 4.69) is 152 Å². The zero-order valence-electron chi connectivity index (χ0n) is 56.8. The van der Waals surface area contributed by atoms with Gasteiger partial charge in [0.25, 0.3) is 0 Å². The Morgan fingerprint density at radius 3 is 0.913 bits per heavy atom. The molecular weight excluding hydrogens is 1270 g/mol. The van der Waals surface area contributed by atoms with E-state index in [0.717, 1.165) is 53.0 Å². The predicted molar refractivity (Wildman–Crippen MR) is 376 cm³/mol. The second-order valence-corrected chi connectivity index (χ2v) is 36.4. The van der Waals surface area contributed by atoms with Gasteiger partial charge in [-0.05, 0) is 168 Å². The Morgan fingerprint density at radius 2 is 0.674 bits per heavy atom. The fraction of sp³-hybridized carbons (Fsp3) is 0.472. The van der Waals surface area contributed by atoms with Gasteiger partial charge in [-0.2, -0.15) is 9.44 Å². The molecule has 7 rings (SSSR count). The van der Waals surface area contributed by atoms with Gasteiger partial charge in [-0.1, -0.05) is 193 Å². The van der Waals surface area contributed by atoms with Gasteiger partial charge in [-0.25, -0.2) is 16.8 Å². The second-order valence-electron chi connectivity index (χ2n) is 28.7. The number of benzene rings is 6. The lowest BCUT2D eigenvalue weighted by molar-refractivity contribution is -0.124. The Kier molecular flexibility index (Phi) is 24.3. The lowest BCUT2D eigenvalue weighted by Gasteiger charge is -2.27. The molecule has 0 radical (unpaired) electrons. The van der Waals surface area contributed by atoms with Gasteiger partial charge < -0.3 is 30.3 Å². The van der Waals surface area contributed by atoms with Crippen molar-refractivity contribution < 1.29 is 46.1 Å². The number of phenols is 2. The number of hydrogen-bond donors (Lipinski definition) is 6. The number of nitrogens with one attached hydrogen (secondary N) is 4. The minimum Gasteiger partial charge on any atom is -0.506 e. The molecule has 0 aromatic heterocycles. The van der Waals surface area contributed by atoms with Crippen LogP contribution in [0.25, 0.3) is 0 Å². The van der Waals surface area contributed by atoms with Crippen LogP contribution < -0.4 is 29.6 Å². The highest BCUT2D eigenvalue weighted by molar-refractivity contribution is 8.01. The van der Waals surface area contributed by atoms with Crippen molar-refractivity contribution in [3.63, 3.8) is 0 Å². The highest BCUT2D eigenvalue weighted by Gasteiger charge is 2.33. The van der Waals surface area contributed by atoms with Crippen LogP contribution in [0.1, 0.15) is 170 Å². The smallest absolute Gasteiger partial charge is 0.241 e. The molecule has 6 aromatic rings. The average molecular weight is 1370 g/mol. The van der Waals surface area contributed by atoms with Crippen LogP contribution in [0, 0.1) is 25.7 Å². The quantitative estimate of drug-likeness (QED) is 0.0349. The van der Waals surface area contributed by atoms with Crippen molar-refractivity contribution >= 4 is 78.9 Å². The SMILES string of the molecule is Cc1ccc(S(=O)(=O)NC(C(=O)NCCCCOc2c3cc(C(C)(C)C)cc2Sc2cc(C(C)(C)C)cc(c2O)Sc2cc(C(C)(C)C)cc(c2OCCCCNC(=O)C(NS(=O)(=O)c2ccc(C)cc2)C(C)C)Sc2cc(C(C)(C)C)cc(c2O)S3)C(C)C)cc1. The molecule has 2 amide bonds. The normalized spacial score (nSPS) is 14.0. The van der Waals surface area contributed by atoms with E-state index in [-0.39, 0.29) is 81.1 Å². The molecule has 500 valence electrons. The number of sulfonamides is 2. The van der Waals surface area contributed by atoms with Crippen molar-refractivity contribution in [2.75, 3.05) is 26.3 Å². The maximum Gasteiger partial charge on any atom is 0.241 e. The largest absolute Gasteiger partial charge is 0.506 e. The number of fused-ring (bicyclic) bond motifs is 8. The number of ether oxygens (including phenoxy) is 2. The Morgan fingerprint density at radius 1 is 0.424 bits per heavy atom. The third-order valence-electron chi connectivity index (χ3n) is 15.8. The summed E-state index contributed by atoms with van der Waals surface area (Å²) in [7, 11) is -7.94. The highest BCUT2D eigenvalue weighted by Crippen LogP contribution is 2.56. The van der Waals surface area contributed by atoms with Crippen LogP contribution in [0.3, 0.4) is 0 Å². The number of aromatic hydroxyl groups is 2. The molecule has 14 nitrogen and oxygen atoms in total. The number of hydrogen-bond acceptors (Lipinski definition) is 14. The molecular formula is C72H96N4O10S6. The van der Waals surface area contributed by atoms with Crippen LogP contribution in [0.4, 0.5) is 0 Å². The number of aryl methyl sites for hydroxylation is 2. The summed E-state index contributed by atoms with van der Waals surface area (Å²) >= 11 is 5.69. The van der Waals surface area contributed by atoms with Gasteiger partial charge >= 0.3 is 0 Å². The molecule has 8 bridgehead atoms. The van der Waals surface area contributed by atoms with E-state index < -0.39 is 43.9 Å². The van der Waals surface area contributed by atoms with Crippen LogP contribution in [0.15, 0.2) is 146 Å². The molecule has 92 heavy (non-hydrogen) atoms. The average Bonchev–Trinajstić information content (AvgIpc) is 0.780. The number of carbonyl (C=O) groups excluding carboxylic acids is 2. The summed E-state index contributed by atoms with van der Waals surface area (Å²) in [6.45, 7) is 37.9. The third kappa shape index (κ3) is 19.4. The summed E-state index contributed by atoms with van der Waals surface area (Å²) in [6, 6.07) is 27.8. The molecule has 1 aliphatic rings. The van der Waals surface area contributed by atoms with Gasteiger partial charge in [0.05, 0.1) is 62.2 Å². The van der Waals surface area contributed by atoms with E-state index in [0.29, 0.717) is 56.8 Å². The summed E-state index contributed by atoms with van der Waals surface area (Å²) in [4.78, 5) is 33.0. The monoisotopic (exact) mass is 1370 g/mol. The van der Waals surface area contributed by atoms with E-state index in [1.165, 1.54) is 71.3 Å². The third-order valence-corrected chi connectivity index (χ3v) is 23.0. The highest BCUT2D eigenvalue weighted by atomic mass is 32.2. The van der Waals surface area contributed by atoms with E-state index >= 15 is 0 Å². The van der Waals surface area contributed by atoms with E-state index in [4.69, 9.17) is 9.47 Å². The standard InChI is InChI=1S/C72H96N4O10S6/c1-43(2)61(75-91(81,82)51-27-23-45(5)24-28-51)67(79)73-31-19-21-33-85-65-57-39-49(71(13,14)15)40-58(65)88-54-36-48(70(10,11)12)38-56(64(54)78)90-60-42-50(72(16,17)18)41-59(89-55-37-47(69(7,8)9)35-53(87-57)63(55)77)66(60)86-34-22-20-32-74-68(80)62(44(3)4)76-92(83,84)52-29-25-46(6)26-30-52/h23-30,35-44,61-62,75-78H,19-22,31-34H2,1-18H3,(H,73,79)(H,74,80). The first-order valence-corrected chi connectivity index (χ1v) is 37.8. The van der Waals surface area contributed by atoms with E-state index in [9.17, 15) is 36.6 Å². The molecule has 0 saturated heterocycles. The van der Waals surface area contributed by atoms with Gasteiger partial charge in [0.15, 0.2) is 0 Å². The van der Waals surface area contributed by atoms with Crippen LogP contribution in [0.2, 0.25) is 0 Å². The molecule has 6 aromatic carbocycles. The van der Waals surface area contributed by atoms with Crippen molar-refractivity contribution in [1.82, 2.24) is 20.1 Å². The molecule has 0 fully saturated rings. The fourth-order valence-electron chi connectivity index (χ4n) is 9.76. The molecule has 20 heteroatoms. The number of rotatable bonds is 22. The van der Waals surface area contributed by atoms with Gasteiger partial charge in [-0.15, -0.1) is 0 Å². The molecule has 1 aliphatic heterocycles. The maximum absolute atomic E-state index is 13.6. The molecule has 0 aliphatic carbocycles. The van der Waals surface area contributed by atoms with Gasteiger partial charge in [-0.3, -0.25) is 9.59 Å². The lowest BCUT2D eigenvalue weighted by Crippen LogP contribution is -2.49. The summed E-state index contributed by atoms with van der Waals surface area (Å²) in [6.07, 6.45) is 2.12. The van der Waals surface area contributed by atoms with Crippen molar-refractivity contribution in [2.24, 2.45) is 11.8 Å². The summed E-state index contributed by atoms with van der Waals surface area (Å²) in [5.74, 6) is -0.145. The molecule has 1 heterocycles. The molecule has 0 saturated carbocycles. The van der Waals surface area contributed by atoms with Crippen LogP contribution in [0.5, 0.6) is 23.0 Å². The Hall–Kier alpha value is -5.32. The number of unbranched alkanes of at least 4 members (excludes halogenated alkanes) is 2. The van der Waals surface area contributed by atoms with Crippen LogP contribution in [-0.2, 0) is 51.3 Å². The lowest BCUT2D eigenvalue weighted by atomic mass is 9.87. The Labute approximate surface area is 565 Å². The number of carbonyl (C=O) groups is 2. The van der Waals surface area contributed by atoms with Crippen LogP contribution >= 0.6 is 47.0 Å². The molecule has 2 atom stereocenters. The summed E-state index contributed by atoms with van der Waals surface area (Å²) in [5, 5.41) is 31.6. The number of amides is 2. The minimum atomic E-state index is -3.97. The zero-order valence-corrected chi connectivity index (χ0v) is 61.7. The van der Waals surface area contributed by atoms with E-state index in [1.807, 2.05) is 13.8 Å². The van der Waals surface area contributed by atoms with Crippen molar-refractivity contribution in [3.05, 3.63) is 130 Å². The molecule has 2 unspecified atom stereocenters. The van der Waals surface area contributed by atoms with Gasteiger partial charge in [0.1, 0.15) is 35.1 Å². The first-order valence-electron chi connectivity index (χ1n) is 31.6. The maximum atomic E-state index is 13.6. The van der Waals surface area contributed by atoms with Crippen LogP contribution in [-0.4, -0.2) is 77.2 Å². The van der Waals surface area contributed by atoms with Crippen molar-refractivity contribution in [3.8, 4) is 23.0 Å². The molecule has 6 N–H and O–H groups in total. The van der Waals surface area contributed by atoms with Crippen molar-refractivity contribution in [2.45, 2.75) is 233 Å². The topological polar surface area (TPSA) is 209 Å². The minimum absolute atomic E-state index is 0.0893. The van der Waals surface area contributed by atoms with E-state index in [1.54, 1.807) is 52.0 Å².